The summed E-state index contributed by atoms with van der Waals surface area (Å²) in [6.07, 6.45) is 0.880. The summed E-state index contributed by atoms with van der Waals surface area (Å²) in [5, 5.41) is 22.1. The van der Waals surface area contributed by atoms with Gasteiger partial charge in [-0.25, -0.2) is 4.39 Å². The Bertz CT molecular complexity index is 391. The summed E-state index contributed by atoms with van der Waals surface area (Å²) in [5.74, 6) is -1.70. The molecule has 1 heterocycles. The Kier molecular flexibility index (Phi) is 2.84. The smallest absolute Gasteiger partial charge is 0.195 e. The minimum absolute atomic E-state index is 0.132. The Morgan fingerprint density at radius 3 is 2.73 bits per heavy atom. The van der Waals surface area contributed by atoms with Crippen LogP contribution in [0.5, 0.6) is 11.5 Å². The zero-order chi connectivity index (χ0) is 11.0. The van der Waals surface area contributed by atoms with Crippen molar-refractivity contribution in [3.05, 3.63) is 21.9 Å². The van der Waals surface area contributed by atoms with Crippen LogP contribution in [0.3, 0.4) is 0 Å². The minimum atomic E-state index is -0.817. The third-order valence-electron chi connectivity index (χ3n) is 2.70. The fourth-order valence-electron chi connectivity index (χ4n) is 1.85. The summed E-state index contributed by atoms with van der Waals surface area (Å²) >= 11 is 3.01. The van der Waals surface area contributed by atoms with E-state index in [1.54, 1.807) is 0 Å². The van der Waals surface area contributed by atoms with Crippen LogP contribution in [0.1, 0.15) is 17.9 Å². The fraction of sp³-hybridized carbons (Fsp3) is 0.400. The molecule has 1 fully saturated rings. The van der Waals surface area contributed by atoms with E-state index in [1.165, 1.54) is 6.07 Å². The second kappa shape index (κ2) is 3.98. The molecule has 1 aliphatic rings. The molecule has 0 spiro atoms. The molecule has 1 unspecified atom stereocenters. The van der Waals surface area contributed by atoms with Crippen molar-refractivity contribution in [2.45, 2.75) is 12.3 Å². The zero-order valence-electron chi connectivity index (χ0n) is 7.93. The first-order valence-corrected chi connectivity index (χ1v) is 5.51. The maximum absolute atomic E-state index is 13.2. The van der Waals surface area contributed by atoms with E-state index in [4.69, 9.17) is 0 Å². The van der Waals surface area contributed by atoms with Gasteiger partial charge in [-0.05, 0) is 35.0 Å². The molecule has 1 atom stereocenters. The molecule has 1 saturated heterocycles. The molecule has 1 aromatic carbocycles. The summed E-state index contributed by atoms with van der Waals surface area (Å²) in [5.41, 5.74) is 0.589. The molecule has 1 aliphatic heterocycles. The predicted octanol–water partition coefficient (Wildman–Crippen LogP) is 2.08. The fourth-order valence-corrected chi connectivity index (χ4v) is 2.29. The number of hydrogen-bond acceptors (Lipinski definition) is 3. The van der Waals surface area contributed by atoms with E-state index < -0.39 is 11.6 Å². The molecule has 0 saturated carbocycles. The first-order valence-electron chi connectivity index (χ1n) is 4.71. The van der Waals surface area contributed by atoms with E-state index in [2.05, 4.69) is 21.2 Å². The summed E-state index contributed by atoms with van der Waals surface area (Å²) in [6, 6.07) is 1.53. The van der Waals surface area contributed by atoms with Crippen molar-refractivity contribution < 1.29 is 14.6 Å². The van der Waals surface area contributed by atoms with Gasteiger partial charge in [0.2, 0.25) is 0 Å². The van der Waals surface area contributed by atoms with Crippen molar-refractivity contribution >= 4 is 15.9 Å². The third kappa shape index (κ3) is 1.81. The molecule has 0 aromatic heterocycles. The van der Waals surface area contributed by atoms with Crippen molar-refractivity contribution in [1.82, 2.24) is 5.32 Å². The van der Waals surface area contributed by atoms with Crippen LogP contribution in [0.25, 0.3) is 0 Å². The standard InChI is InChI=1S/C10H11BrFNO2/c11-7-3-6(5-1-2-13-4-5)9(14)10(15)8(7)12/h3,5,13-15H,1-2,4H2. The summed E-state index contributed by atoms with van der Waals surface area (Å²) < 4.78 is 13.4. The van der Waals surface area contributed by atoms with Gasteiger partial charge in [-0.15, -0.1) is 0 Å². The number of rotatable bonds is 1. The van der Waals surface area contributed by atoms with Gasteiger partial charge in [-0.2, -0.15) is 0 Å². The molecule has 2 rings (SSSR count). The van der Waals surface area contributed by atoms with Gasteiger partial charge in [0.15, 0.2) is 17.3 Å². The molecule has 0 bridgehead atoms. The van der Waals surface area contributed by atoms with Crippen LogP contribution in [-0.4, -0.2) is 23.3 Å². The van der Waals surface area contributed by atoms with Crippen LogP contribution in [0.4, 0.5) is 4.39 Å². The number of halogens is 2. The van der Waals surface area contributed by atoms with Gasteiger partial charge in [0.1, 0.15) is 0 Å². The highest BCUT2D eigenvalue weighted by atomic mass is 79.9. The third-order valence-corrected chi connectivity index (χ3v) is 3.27. The van der Waals surface area contributed by atoms with E-state index in [0.29, 0.717) is 5.56 Å². The van der Waals surface area contributed by atoms with E-state index in [1.807, 2.05) is 0 Å². The van der Waals surface area contributed by atoms with E-state index in [-0.39, 0.29) is 16.1 Å². The van der Waals surface area contributed by atoms with Gasteiger partial charge in [-0.1, -0.05) is 0 Å². The Morgan fingerprint density at radius 1 is 1.40 bits per heavy atom. The van der Waals surface area contributed by atoms with E-state index in [0.717, 1.165) is 19.5 Å². The summed E-state index contributed by atoms with van der Waals surface area (Å²) in [6.45, 7) is 1.62. The van der Waals surface area contributed by atoms with Crippen molar-refractivity contribution in [2.75, 3.05) is 13.1 Å². The lowest BCUT2D eigenvalue weighted by Crippen LogP contribution is -2.08. The monoisotopic (exact) mass is 275 g/mol. The Hall–Kier alpha value is -0.810. The Labute approximate surface area is 95.1 Å². The van der Waals surface area contributed by atoms with Crippen molar-refractivity contribution in [3.63, 3.8) is 0 Å². The normalized spacial score (nSPS) is 20.8. The number of phenols is 2. The minimum Gasteiger partial charge on any atom is -0.504 e. The molecule has 15 heavy (non-hydrogen) atoms. The molecule has 82 valence electrons. The molecule has 0 radical (unpaired) electrons. The first-order chi connectivity index (χ1) is 7.11. The second-order valence-electron chi connectivity index (χ2n) is 3.65. The van der Waals surface area contributed by atoms with Crippen molar-refractivity contribution in [2.24, 2.45) is 0 Å². The highest BCUT2D eigenvalue weighted by Gasteiger charge is 2.24. The van der Waals surface area contributed by atoms with Gasteiger partial charge in [0.25, 0.3) is 0 Å². The highest BCUT2D eigenvalue weighted by Crippen LogP contribution is 2.41. The Morgan fingerprint density at radius 2 is 2.13 bits per heavy atom. The maximum Gasteiger partial charge on any atom is 0.195 e. The lowest BCUT2D eigenvalue weighted by molar-refractivity contribution is 0.372. The van der Waals surface area contributed by atoms with Crippen LogP contribution in [0.15, 0.2) is 10.5 Å². The molecule has 0 aliphatic carbocycles. The molecule has 3 nitrogen and oxygen atoms in total. The van der Waals surface area contributed by atoms with Crippen molar-refractivity contribution in [3.8, 4) is 11.5 Å². The number of phenolic OH excluding ortho intramolecular Hbond substituents is 2. The zero-order valence-corrected chi connectivity index (χ0v) is 9.51. The maximum atomic E-state index is 13.2. The summed E-state index contributed by atoms with van der Waals surface area (Å²) in [4.78, 5) is 0. The van der Waals surface area contributed by atoms with E-state index in [9.17, 15) is 14.6 Å². The SMILES string of the molecule is Oc1c(C2CCNC2)cc(Br)c(F)c1O. The average molecular weight is 276 g/mol. The molecule has 0 amide bonds. The van der Waals surface area contributed by atoms with Gasteiger partial charge in [-0.3, -0.25) is 0 Å². The van der Waals surface area contributed by atoms with E-state index >= 15 is 0 Å². The lowest BCUT2D eigenvalue weighted by atomic mass is 9.97. The highest BCUT2D eigenvalue weighted by molar-refractivity contribution is 9.10. The molecule has 1 aromatic rings. The molecular weight excluding hydrogens is 265 g/mol. The van der Waals surface area contributed by atoms with Crippen LogP contribution in [-0.2, 0) is 0 Å². The average Bonchev–Trinajstić information content (AvgIpc) is 2.73. The first kappa shape index (κ1) is 10.7. The molecule has 3 N–H and O–H groups in total. The Balaban J connectivity index is 2.47. The predicted molar refractivity (Wildman–Crippen MR) is 57.7 cm³/mol. The quantitative estimate of drug-likeness (QED) is 0.688. The van der Waals surface area contributed by atoms with Crippen molar-refractivity contribution in [1.29, 1.82) is 0 Å². The van der Waals surface area contributed by atoms with Gasteiger partial charge in [0, 0.05) is 18.0 Å². The number of aromatic hydroxyl groups is 2. The van der Waals surface area contributed by atoms with Crippen LogP contribution >= 0.6 is 15.9 Å². The number of hydrogen-bond donors (Lipinski definition) is 3. The largest absolute Gasteiger partial charge is 0.504 e. The summed E-state index contributed by atoms with van der Waals surface area (Å²) in [7, 11) is 0. The van der Waals surface area contributed by atoms with Gasteiger partial charge in [0.05, 0.1) is 4.47 Å². The number of benzene rings is 1. The molecule has 5 heteroatoms. The number of nitrogens with one attached hydrogen (secondary N) is 1. The van der Waals surface area contributed by atoms with Gasteiger partial charge >= 0.3 is 0 Å². The second-order valence-corrected chi connectivity index (χ2v) is 4.50. The molecular formula is C10H11BrFNO2. The van der Waals surface area contributed by atoms with Crippen LogP contribution < -0.4 is 5.32 Å². The lowest BCUT2D eigenvalue weighted by Gasteiger charge is -2.13. The topological polar surface area (TPSA) is 52.5 Å². The van der Waals surface area contributed by atoms with Crippen LogP contribution in [0.2, 0.25) is 0 Å². The van der Waals surface area contributed by atoms with Gasteiger partial charge < -0.3 is 15.5 Å². The van der Waals surface area contributed by atoms with Crippen LogP contribution in [0, 0.1) is 5.82 Å².